The Bertz CT molecular complexity index is 824. The minimum atomic E-state index is 0.285. The largest absolute Gasteiger partial charge is 0.489 e. The van der Waals surface area contributed by atoms with E-state index in [0.717, 1.165) is 41.2 Å². The lowest BCUT2D eigenvalue weighted by Crippen LogP contribution is -2.38. The number of rotatable bonds is 3. The molecule has 1 saturated heterocycles. The molecule has 0 spiro atoms. The third-order valence-electron chi connectivity index (χ3n) is 4.58. The van der Waals surface area contributed by atoms with Gasteiger partial charge in [0.2, 0.25) is 0 Å². The topological polar surface area (TPSA) is 42.7 Å². The average Bonchev–Trinajstić information content (AvgIpc) is 3.01. The summed E-state index contributed by atoms with van der Waals surface area (Å²) >= 11 is 0. The Hall–Kier alpha value is -2.40. The lowest BCUT2D eigenvalue weighted by Gasteiger charge is -2.30. The van der Waals surface area contributed by atoms with Gasteiger partial charge in [-0.3, -0.25) is 0 Å². The number of hydrogen-bond donors (Lipinski definition) is 0. The molecule has 5 heteroatoms. The van der Waals surface area contributed by atoms with Crippen LogP contribution in [0.5, 0.6) is 5.75 Å². The number of aromatic nitrogens is 3. The highest BCUT2D eigenvalue weighted by molar-refractivity contribution is 5.64. The normalized spacial score (nSPS) is 18.8. The molecule has 1 aliphatic heterocycles. The van der Waals surface area contributed by atoms with Crippen molar-refractivity contribution in [1.82, 2.24) is 19.5 Å². The summed E-state index contributed by atoms with van der Waals surface area (Å²) in [6, 6.07) is 10.1. The fourth-order valence-electron chi connectivity index (χ4n) is 3.31. The minimum Gasteiger partial charge on any atom is -0.489 e. The Balaban J connectivity index is 1.57. The Morgan fingerprint density at radius 2 is 2.17 bits per heavy atom. The van der Waals surface area contributed by atoms with Crippen molar-refractivity contribution in [2.45, 2.75) is 25.9 Å². The quantitative estimate of drug-likeness (QED) is 0.743. The van der Waals surface area contributed by atoms with E-state index in [0.29, 0.717) is 0 Å². The molecule has 5 nitrogen and oxygen atoms in total. The van der Waals surface area contributed by atoms with E-state index in [1.165, 1.54) is 13.0 Å². The van der Waals surface area contributed by atoms with Gasteiger partial charge in [0.25, 0.3) is 0 Å². The number of fused-ring (bicyclic) bond motifs is 1. The zero-order valence-corrected chi connectivity index (χ0v) is 14.1. The van der Waals surface area contributed by atoms with Crippen LogP contribution >= 0.6 is 0 Å². The zero-order chi connectivity index (χ0) is 16.5. The molecular weight excluding hydrogens is 300 g/mol. The lowest BCUT2D eigenvalue weighted by molar-refractivity contribution is 0.104. The Kier molecular flexibility index (Phi) is 3.94. The molecule has 1 unspecified atom stereocenters. The summed E-state index contributed by atoms with van der Waals surface area (Å²) < 4.78 is 8.03. The summed E-state index contributed by atoms with van der Waals surface area (Å²) in [5.74, 6) is 0.973. The first-order valence-electron chi connectivity index (χ1n) is 8.46. The van der Waals surface area contributed by atoms with Crippen LogP contribution in [0.2, 0.25) is 0 Å². The van der Waals surface area contributed by atoms with Crippen molar-refractivity contribution in [2.75, 3.05) is 20.1 Å². The third-order valence-corrected chi connectivity index (χ3v) is 4.58. The van der Waals surface area contributed by atoms with Crippen LogP contribution in [-0.2, 0) is 0 Å². The molecule has 3 aromatic rings. The van der Waals surface area contributed by atoms with Gasteiger partial charge >= 0.3 is 0 Å². The standard InChI is InChI=1S/C19H22N4O/c1-14-11-15(17-13-23-19(21-17)6-3-9-20-23)7-8-18(14)24-16-5-4-10-22(2)12-16/h3,6-9,11,13,16H,4-5,10,12H2,1-2H3. The van der Waals surface area contributed by atoms with Gasteiger partial charge in [0, 0.05) is 18.3 Å². The molecule has 0 N–H and O–H groups in total. The Morgan fingerprint density at radius 1 is 1.25 bits per heavy atom. The lowest BCUT2D eigenvalue weighted by atomic mass is 10.1. The van der Waals surface area contributed by atoms with Crippen molar-refractivity contribution in [1.29, 1.82) is 0 Å². The van der Waals surface area contributed by atoms with Crippen molar-refractivity contribution in [3.63, 3.8) is 0 Å². The monoisotopic (exact) mass is 322 g/mol. The number of likely N-dealkylation sites (N-methyl/N-ethyl adjacent to an activating group) is 1. The van der Waals surface area contributed by atoms with E-state index in [9.17, 15) is 0 Å². The SMILES string of the molecule is Cc1cc(-c2cn3ncccc3n2)ccc1OC1CCCN(C)C1. The molecule has 3 heterocycles. The molecule has 124 valence electrons. The van der Waals surface area contributed by atoms with Crippen LogP contribution in [0.25, 0.3) is 16.9 Å². The van der Waals surface area contributed by atoms with Gasteiger partial charge in [-0.1, -0.05) is 0 Å². The van der Waals surface area contributed by atoms with Gasteiger partial charge in [-0.15, -0.1) is 0 Å². The van der Waals surface area contributed by atoms with Gasteiger partial charge in [0.05, 0.1) is 11.9 Å². The summed E-state index contributed by atoms with van der Waals surface area (Å²) in [4.78, 5) is 6.97. The number of nitrogens with zero attached hydrogens (tertiary/aromatic N) is 4. The summed E-state index contributed by atoms with van der Waals surface area (Å²) in [5, 5.41) is 4.28. The summed E-state index contributed by atoms with van der Waals surface area (Å²) in [5.41, 5.74) is 4.02. The first kappa shape index (κ1) is 15.1. The van der Waals surface area contributed by atoms with Gasteiger partial charge in [-0.25, -0.2) is 9.50 Å². The smallest absolute Gasteiger partial charge is 0.154 e. The molecule has 0 radical (unpaired) electrons. The van der Waals surface area contributed by atoms with Crippen molar-refractivity contribution in [2.24, 2.45) is 0 Å². The number of benzene rings is 1. The minimum absolute atomic E-state index is 0.285. The van der Waals surface area contributed by atoms with Crippen LogP contribution in [0.4, 0.5) is 0 Å². The molecule has 4 rings (SSSR count). The van der Waals surface area contributed by atoms with E-state index in [1.807, 2.05) is 18.3 Å². The molecule has 24 heavy (non-hydrogen) atoms. The second-order valence-electron chi connectivity index (χ2n) is 6.58. The summed E-state index contributed by atoms with van der Waals surface area (Å²) in [6.07, 6.45) is 6.34. The Morgan fingerprint density at radius 3 is 2.96 bits per heavy atom. The second-order valence-corrected chi connectivity index (χ2v) is 6.58. The van der Waals surface area contributed by atoms with Gasteiger partial charge in [0.1, 0.15) is 11.9 Å². The molecule has 1 aliphatic rings. The molecule has 0 bridgehead atoms. The van der Waals surface area contributed by atoms with Crippen molar-refractivity contribution in [3.8, 4) is 17.0 Å². The predicted octanol–water partition coefficient (Wildman–Crippen LogP) is 3.18. The van der Waals surface area contributed by atoms with Crippen LogP contribution in [0.1, 0.15) is 18.4 Å². The molecule has 0 aliphatic carbocycles. The predicted molar refractivity (Wildman–Crippen MR) is 94.3 cm³/mol. The molecular formula is C19H22N4O. The highest BCUT2D eigenvalue weighted by atomic mass is 16.5. The highest BCUT2D eigenvalue weighted by Gasteiger charge is 2.19. The van der Waals surface area contributed by atoms with Crippen molar-refractivity contribution >= 4 is 5.65 Å². The van der Waals surface area contributed by atoms with E-state index >= 15 is 0 Å². The second kappa shape index (κ2) is 6.24. The van der Waals surface area contributed by atoms with Gasteiger partial charge in [-0.2, -0.15) is 5.10 Å². The van der Waals surface area contributed by atoms with E-state index in [-0.39, 0.29) is 6.10 Å². The molecule has 1 aromatic carbocycles. The summed E-state index contributed by atoms with van der Waals surface area (Å²) in [6.45, 7) is 4.26. The fourth-order valence-corrected chi connectivity index (χ4v) is 3.31. The number of hydrogen-bond acceptors (Lipinski definition) is 4. The maximum atomic E-state index is 6.23. The van der Waals surface area contributed by atoms with Crippen molar-refractivity contribution in [3.05, 3.63) is 48.3 Å². The number of ether oxygens (including phenoxy) is 1. The number of imidazole rings is 1. The first-order chi connectivity index (χ1) is 11.7. The van der Waals surface area contributed by atoms with Crippen LogP contribution in [0, 0.1) is 6.92 Å². The zero-order valence-electron chi connectivity index (χ0n) is 14.1. The molecule has 0 amide bonds. The van der Waals surface area contributed by atoms with E-state index in [1.54, 1.807) is 10.7 Å². The average molecular weight is 322 g/mol. The molecule has 0 saturated carbocycles. The molecule has 2 aromatic heterocycles. The molecule has 1 atom stereocenters. The highest BCUT2D eigenvalue weighted by Crippen LogP contribution is 2.27. The van der Waals surface area contributed by atoms with Gasteiger partial charge < -0.3 is 9.64 Å². The van der Waals surface area contributed by atoms with Gasteiger partial charge in [-0.05, 0) is 69.3 Å². The van der Waals surface area contributed by atoms with Gasteiger partial charge in [0.15, 0.2) is 5.65 Å². The van der Waals surface area contributed by atoms with Crippen LogP contribution < -0.4 is 4.74 Å². The van der Waals surface area contributed by atoms with Crippen LogP contribution in [-0.4, -0.2) is 45.7 Å². The first-order valence-corrected chi connectivity index (χ1v) is 8.46. The van der Waals surface area contributed by atoms with Crippen LogP contribution in [0.15, 0.2) is 42.7 Å². The fraction of sp³-hybridized carbons (Fsp3) is 0.368. The van der Waals surface area contributed by atoms with E-state index in [4.69, 9.17) is 4.74 Å². The van der Waals surface area contributed by atoms with Crippen molar-refractivity contribution < 1.29 is 4.74 Å². The Labute approximate surface area is 141 Å². The molecule has 1 fully saturated rings. The maximum Gasteiger partial charge on any atom is 0.154 e. The number of aryl methyl sites for hydroxylation is 1. The number of piperidine rings is 1. The summed E-state index contributed by atoms with van der Waals surface area (Å²) in [7, 11) is 2.16. The maximum absolute atomic E-state index is 6.23. The number of likely N-dealkylation sites (tertiary alicyclic amines) is 1. The van der Waals surface area contributed by atoms with E-state index in [2.05, 4.69) is 47.2 Å². The third kappa shape index (κ3) is 2.99. The van der Waals surface area contributed by atoms with Crippen LogP contribution in [0.3, 0.4) is 0 Å². The van der Waals surface area contributed by atoms with E-state index < -0.39 is 0 Å².